The molecule has 19 heavy (non-hydrogen) atoms. The summed E-state index contributed by atoms with van der Waals surface area (Å²) < 4.78 is 18.5. The molecule has 1 amide bonds. The number of carboxylic acids is 1. The number of hydrogen-bond acceptors (Lipinski definition) is 3. The van der Waals surface area contributed by atoms with Crippen LogP contribution in [0.3, 0.4) is 0 Å². The van der Waals surface area contributed by atoms with E-state index in [1.54, 1.807) is 13.8 Å². The molecule has 0 aromatic heterocycles. The summed E-state index contributed by atoms with van der Waals surface area (Å²) in [6.07, 6.45) is 0. The van der Waals surface area contributed by atoms with Gasteiger partial charge in [-0.3, -0.25) is 4.79 Å². The van der Waals surface area contributed by atoms with Gasteiger partial charge in [0.05, 0.1) is 12.7 Å². The van der Waals surface area contributed by atoms with Crippen LogP contribution in [-0.2, 0) is 4.79 Å². The summed E-state index contributed by atoms with van der Waals surface area (Å²) >= 11 is 0. The van der Waals surface area contributed by atoms with Crippen LogP contribution in [0.1, 0.15) is 24.2 Å². The highest BCUT2D eigenvalue weighted by Gasteiger charge is 2.25. The van der Waals surface area contributed by atoms with E-state index in [0.29, 0.717) is 0 Å². The number of carbonyl (C=O) groups is 2. The van der Waals surface area contributed by atoms with Crippen molar-refractivity contribution in [3.63, 3.8) is 0 Å². The molecule has 0 saturated carbocycles. The Balaban J connectivity index is 2.91. The Labute approximate surface area is 110 Å². The van der Waals surface area contributed by atoms with E-state index in [0.717, 1.165) is 6.07 Å². The van der Waals surface area contributed by atoms with Gasteiger partial charge in [-0.2, -0.15) is 0 Å². The quantitative estimate of drug-likeness (QED) is 0.852. The Morgan fingerprint density at radius 1 is 1.37 bits per heavy atom. The third-order valence-electron chi connectivity index (χ3n) is 2.64. The highest BCUT2D eigenvalue weighted by Crippen LogP contribution is 2.16. The van der Waals surface area contributed by atoms with E-state index >= 15 is 0 Å². The summed E-state index contributed by atoms with van der Waals surface area (Å²) in [5, 5.41) is 11.3. The maximum atomic E-state index is 13.7. The van der Waals surface area contributed by atoms with Crippen molar-refractivity contribution in [2.24, 2.45) is 5.92 Å². The first kappa shape index (κ1) is 14.9. The molecule has 1 aromatic rings. The first-order valence-corrected chi connectivity index (χ1v) is 5.74. The Kier molecular flexibility index (Phi) is 4.86. The van der Waals surface area contributed by atoms with E-state index in [-0.39, 0.29) is 17.2 Å². The van der Waals surface area contributed by atoms with E-state index in [1.165, 1.54) is 19.2 Å². The average Bonchev–Trinajstić information content (AvgIpc) is 2.34. The summed E-state index contributed by atoms with van der Waals surface area (Å²) in [5.41, 5.74) is -0.215. The fourth-order valence-corrected chi connectivity index (χ4v) is 1.54. The number of hydrogen-bond donors (Lipinski definition) is 2. The summed E-state index contributed by atoms with van der Waals surface area (Å²) in [6.45, 7) is 3.31. The molecule has 0 aliphatic rings. The van der Waals surface area contributed by atoms with Crippen LogP contribution >= 0.6 is 0 Å². The fourth-order valence-electron chi connectivity index (χ4n) is 1.54. The van der Waals surface area contributed by atoms with Gasteiger partial charge in [-0.15, -0.1) is 0 Å². The van der Waals surface area contributed by atoms with Gasteiger partial charge in [0.25, 0.3) is 5.91 Å². The minimum Gasteiger partial charge on any atom is -0.497 e. The maximum absolute atomic E-state index is 13.7. The lowest BCUT2D eigenvalue weighted by molar-refractivity contribution is -0.140. The number of benzene rings is 1. The number of amides is 1. The third kappa shape index (κ3) is 3.67. The molecule has 104 valence electrons. The summed E-state index contributed by atoms with van der Waals surface area (Å²) in [5.74, 6) is -2.70. The molecular weight excluding hydrogens is 253 g/mol. The van der Waals surface area contributed by atoms with E-state index in [9.17, 15) is 14.0 Å². The molecule has 6 heteroatoms. The molecule has 0 spiro atoms. The highest BCUT2D eigenvalue weighted by molar-refractivity contribution is 5.97. The molecular formula is C13H16FNO4. The number of halogens is 1. The van der Waals surface area contributed by atoms with Gasteiger partial charge in [0.15, 0.2) is 0 Å². The number of carbonyl (C=O) groups excluding carboxylic acids is 1. The third-order valence-corrected chi connectivity index (χ3v) is 2.64. The predicted octanol–water partition coefficient (Wildman–Crippen LogP) is 1.67. The van der Waals surface area contributed by atoms with Crippen molar-refractivity contribution in [3.8, 4) is 5.75 Å². The van der Waals surface area contributed by atoms with Crippen LogP contribution in [0.2, 0.25) is 0 Å². The summed E-state index contributed by atoms with van der Waals surface area (Å²) in [4.78, 5) is 22.8. The van der Waals surface area contributed by atoms with Gasteiger partial charge >= 0.3 is 5.97 Å². The molecule has 0 aliphatic heterocycles. The average molecular weight is 269 g/mol. The van der Waals surface area contributed by atoms with Crippen LogP contribution in [0, 0.1) is 11.7 Å². The normalized spacial score (nSPS) is 12.1. The molecule has 0 radical (unpaired) electrons. The Morgan fingerprint density at radius 3 is 2.42 bits per heavy atom. The molecule has 0 unspecified atom stereocenters. The second kappa shape index (κ2) is 6.17. The lowest BCUT2D eigenvalue weighted by atomic mass is 10.0. The van der Waals surface area contributed by atoms with E-state index < -0.39 is 23.7 Å². The van der Waals surface area contributed by atoms with Crippen molar-refractivity contribution in [1.82, 2.24) is 5.32 Å². The first-order valence-electron chi connectivity index (χ1n) is 5.74. The van der Waals surface area contributed by atoms with Crippen LogP contribution in [0.4, 0.5) is 4.39 Å². The van der Waals surface area contributed by atoms with Crippen molar-refractivity contribution in [3.05, 3.63) is 29.6 Å². The zero-order valence-corrected chi connectivity index (χ0v) is 10.9. The number of methoxy groups -OCH3 is 1. The number of nitrogens with one attached hydrogen (secondary N) is 1. The topological polar surface area (TPSA) is 75.6 Å². The van der Waals surface area contributed by atoms with Gasteiger partial charge in [0, 0.05) is 6.07 Å². The number of ether oxygens (including phenoxy) is 1. The van der Waals surface area contributed by atoms with Crippen molar-refractivity contribution in [2.45, 2.75) is 19.9 Å². The SMILES string of the molecule is COc1ccc(C(=O)N[C@@H](C(=O)O)C(C)C)c(F)c1. The van der Waals surface area contributed by atoms with Crippen molar-refractivity contribution in [2.75, 3.05) is 7.11 Å². The van der Waals surface area contributed by atoms with Crippen LogP contribution in [-0.4, -0.2) is 30.1 Å². The second-order valence-corrected chi connectivity index (χ2v) is 4.38. The first-order chi connectivity index (χ1) is 8.86. The molecule has 2 N–H and O–H groups in total. The molecule has 5 nitrogen and oxygen atoms in total. The zero-order chi connectivity index (χ0) is 14.6. The summed E-state index contributed by atoms with van der Waals surface area (Å²) in [6, 6.07) is 2.69. The highest BCUT2D eigenvalue weighted by atomic mass is 19.1. The Hall–Kier alpha value is -2.11. The number of carboxylic acid groups (broad SMARTS) is 1. The Bertz CT molecular complexity index is 488. The number of aliphatic carboxylic acids is 1. The van der Waals surface area contributed by atoms with Crippen molar-refractivity contribution in [1.29, 1.82) is 0 Å². The molecule has 1 atom stereocenters. The molecule has 1 aromatic carbocycles. The molecule has 0 fully saturated rings. The fraction of sp³-hybridized carbons (Fsp3) is 0.385. The van der Waals surface area contributed by atoms with Gasteiger partial charge < -0.3 is 15.2 Å². The van der Waals surface area contributed by atoms with Crippen LogP contribution < -0.4 is 10.1 Å². The molecule has 0 saturated heterocycles. The van der Waals surface area contributed by atoms with Crippen LogP contribution in [0.25, 0.3) is 0 Å². The molecule has 0 heterocycles. The van der Waals surface area contributed by atoms with Gasteiger partial charge in [-0.1, -0.05) is 13.8 Å². The van der Waals surface area contributed by atoms with Crippen molar-refractivity contribution >= 4 is 11.9 Å². The van der Waals surface area contributed by atoms with Gasteiger partial charge in [-0.25, -0.2) is 9.18 Å². The zero-order valence-electron chi connectivity index (χ0n) is 10.9. The van der Waals surface area contributed by atoms with Crippen LogP contribution in [0.5, 0.6) is 5.75 Å². The van der Waals surface area contributed by atoms with Crippen LogP contribution in [0.15, 0.2) is 18.2 Å². The van der Waals surface area contributed by atoms with E-state index in [1.807, 2.05) is 0 Å². The summed E-state index contributed by atoms with van der Waals surface area (Å²) in [7, 11) is 1.38. The van der Waals surface area contributed by atoms with Gasteiger partial charge in [0.2, 0.25) is 0 Å². The second-order valence-electron chi connectivity index (χ2n) is 4.38. The molecule has 1 rings (SSSR count). The lowest BCUT2D eigenvalue weighted by Crippen LogP contribution is -2.44. The maximum Gasteiger partial charge on any atom is 0.326 e. The smallest absolute Gasteiger partial charge is 0.326 e. The molecule has 0 bridgehead atoms. The Morgan fingerprint density at radius 2 is 2.00 bits per heavy atom. The van der Waals surface area contributed by atoms with Crippen molar-refractivity contribution < 1.29 is 23.8 Å². The standard InChI is InChI=1S/C13H16FNO4/c1-7(2)11(13(17)18)15-12(16)9-5-4-8(19-3)6-10(9)14/h4-7,11H,1-3H3,(H,15,16)(H,17,18)/t11-/m1/s1. The van der Waals surface area contributed by atoms with E-state index in [4.69, 9.17) is 9.84 Å². The van der Waals surface area contributed by atoms with Gasteiger partial charge in [0.1, 0.15) is 17.6 Å². The largest absolute Gasteiger partial charge is 0.497 e. The minimum absolute atomic E-state index is 0.215. The minimum atomic E-state index is -1.16. The predicted molar refractivity (Wildman–Crippen MR) is 66.7 cm³/mol. The molecule has 0 aliphatic carbocycles. The lowest BCUT2D eigenvalue weighted by Gasteiger charge is -2.18. The number of rotatable bonds is 5. The van der Waals surface area contributed by atoms with E-state index in [2.05, 4.69) is 5.32 Å². The van der Waals surface area contributed by atoms with Gasteiger partial charge in [-0.05, 0) is 18.1 Å². The monoisotopic (exact) mass is 269 g/mol.